The third-order valence-corrected chi connectivity index (χ3v) is 4.74. The molecule has 0 bridgehead atoms. The summed E-state index contributed by atoms with van der Waals surface area (Å²) in [6.07, 6.45) is 5.62. The lowest BCUT2D eigenvalue weighted by Gasteiger charge is -2.23. The van der Waals surface area contributed by atoms with Crippen LogP contribution < -0.4 is 4.74 Å². The largest absolute Gasteiger partial charge is 0.474 e. The summed E-state index contributed by atoms with van der Waals surface area (Å²) in [5.41, 5.74) is 3.95. The Kier molecular flexibility index (Phi) is 3.41. The molecule has 6 nitrogen and oxygen atoms in total. The van der Waals surface area contributed by atoms with E-state index in [0.717, 1.165) is 59.1 Å². The molecule has 0 unspecified atom stereocenters. The van der Waals surface area contributed by atoms with E-state index in [4.69, 9.17) is 9.47 Å². The molecule has 1 aliphatic heterocycles. The van der Waals surface area contributed by atoms with Gasteiger partial charge in [0.2, 0.25) is 5.88 Å². The Morgan fingerprint density at radius 3 is 2.92 bits per heavy atom. The van der Waals surface area contributed by atoms with Gasteiger partial charge < -0.3 is 14.5 Å². The first kappa shape index (κ1) is 14.5. The maximum Gasteiger partial charge on any atom is 0.225 e. The molecule has 1 aliphatic rings. The summed E-state index contributed by atoms with van der Waals surface area (Å²) in [5.74, 6) is 0.640. The molecule has 1 aromatic carbocycles. The van der Waals surface area contributed by atoms with Crippen LogP contribution in [0.3, 0.4) is 0 Å². The van der Waals surface area contributed by atoms with Gasteiger partial charge in [-0.05, 0) is 18.2 Å². The van der Waals surface area contributed by atoms with Crippen LogP contribution in [0.25, 0.3) is 33.1 Å². The van der Waals surface area contributed by atoms with E-state index in [1.165, 1.54) is 0 Å². The Morgan fingerprint density at radius 1 is 1.08 bits per heavy atom. The minimum absolute atomic E-state index is 0.137. The van der Waals surface area contributed by atoms with Gasteiger partial charge in [-0.2, -0.15) is 5.10 Å². The summed E-state index contributed by atoms with van der Waals surface area (Å²) in [4.78, 5) is 7.75. The van der Waals surface area contributed by atoms with Gasteiger partial charge in [0.25, 0.3) is 0 Å². The number of ether oxygens (including phenoxy) is 2. The van der Waals surface area contributed by atoms with Gasteiger partial charge in [0.05, 0.1) is 24.1 Å². The highest BCUT2D eigenvalue weighted by Gasteiger charge is 2.21. The second kappa shape index (κ2) is 5.89. The van der Waals surface area contributed by atoms with Crippen molar-refractivity contribution in [1.82, 2.24) is 20.2 Å². The predicted octanol–water partition coefficient (Wildman–Crippen LogP) is 3.66. The lowest BCUT2D eigenvalue weighted by atomic mass is 10.0. The molecule has 4 heterocycles. The molecular weight excluding hydrogens is 316 g/mol. The van der Waals surface area contributed by atoms with Gasteiger partial charge >= 0.3 is 0 Å². The molecule has 0 amide bonds. The van der Waals surface area contributed by atoms with Gasteiger partial charge in [-0.25, -0.2) is 4.98 Å². The minimum Gasteiger partial charge on any atom is -0.474 e. The number of pyridine rings is 1. The molecular formula is C19H18N4O2. The number of fused-ring (bicyclic) bond motifs is 2. The lowest BCUT2D eigenvalue weighted by molar-refractivity contribution is 0.0244. The first-order valence-corrected chi connectivity index (χ1v) is 8.54. The molecule has 4 aromatic rings. The number of rotatable bonds is 3. The van der Waals surface area contributed by atoms with Crippen molar-refractivity contribution >= 4 is 21.8 Å². The predicted molar refractivity (Wildman–Crippen MR) is 95.7 cm³/mol. The van der Waals surface area contributed by atoms with E-state index in [1.807, 2.05) is 18.3 Å². The molecule has 1 fully saturated rings. The highest BCUT2D eigenvalue weighted by Crippen LogP contribution is 2.36. The van der Waals surface area contributed by atoms with E-state index in [0.29, 0.717) is 5.88 Å². The Bertz CT molecular complexity index is 1030. The summed E-state index contributed by atoms with van der Waals surface area (Å²) in [7, 11) is 0. The SMILES string of the molecule is c1cc(-c2n[nH]c3ccnc(OC4CCOCC4)c23)c2cc[nH]c2c1. The van der Waals surface area contributed by atoms with E-state index in [9.17, 15) is 0 Å². The quantitative estimate of drug-likeness (QED) is 0.599. The van der Waals surface area contributed by atoms with Crippen LogP contribution in [0.1, 0.15) is 12.8 Å². The van der Waals surface area contributed by atoms with Crippen LogP contribution in [0.5, 0.6) is 5.88 Å². The molecule has 0 radical (unpaired) electrons. The monoisotopic (exact) mass is 334 g/mol. The second-order valence-electron chi connectivity index (χ2n) is 6.28. The van der Waals surface area contributed by atoms with Crippen molar-refractivity contribution < 1.29 is 9.47 Å². The molecule has 6 heteroatoms. The zero-order valence-corrected chi connectivity index (χ0v) is 13.7. The van der Waals surface area contributed by atoms with Crippen molar-refractivity contribution in [2.24, 2.45) is 0 Å². The summed E-state index contributed by atoms with van der Waals surface area (Å²) in [6.45, 7) is 1.48. The van der Waals surface area contributed by atoms with Gasteiger partial charge in [0.15, 0.2) is 0 Å². The Morgan fingerprint density at radius 2 is 2.00 bits per heavy atom. The molecule has 0 saturated carbocycles. The van der Waals surface area contributed by atoms with Gasteiger partial charge in [-0.1, -0.05) is 12.1 Å². The number of hydrogen-bond donors (Lipinski definition) is 2. The molecule has 5 rings (SSSR count). The van der Waals surface area contributed by atoms with Gasteiger partial charge in [0.1, 0.15) is 11.8 Å². The Hall–Kier alpha value is -2.86. The maximum atomic E-state index is 6.22. The zero-order valence-electron chi connectivity index (χ0n) is 13.7. The zero-order chi connectivity index (χ0) is 16.6. The van der Waals surface area contributed by atoms with Crippen molar-refractivity contribution in [3.8, 4) is 17.1 Å². The first-order valence-electron chi connectivity index (χ1n) is 8.54. The minimum atomic E-state index is 0.137. The molecule has 25 heavy (non-hydrogen) atoms. The van der Waals surface area contributed by atoms with Crippen molar-refractivity contribution in [2.75, 3.05) is 13.2 Å². The average Bonchev–Trinajstić information content (AvgIpc) is 3.30. The molecule has 1 saturated heterocycles. The lowest BCUT2D eigenvalue weighted by Crippen LogP contribution is -2.26. The van der Waals surface area contributed by atoms with Gasteiger partial charge in [-0.15, -0.1) is 0 Å². The van der Waals surface area contributed by atoms with Crippen LogP contribution in [0.4, 0.5) is 0 Å². The number of aromatic nitrogens is 4. The maximum absolute atomic E-state index is 6.22. The van der Waals surface area contributed by atoms with Crippen molar-refractivity contribution in [3.05, 3.63) is 42.7 Å². The summed E-state index contributed by atoms with van der Waals surface area (Å²) in [6, 6.07) is 10.2. The number of H-pyrrole nitrogens is 2. The van der Waals surface area contributed by atoms with Gasteiger partial charge in [-0.3, -0.25) is 5.10 Å². The first-order chi connectivity index (χ1) is 12.4. The Labute approximate surface area is 144 Å². The average molecular weight is 334 g/mol. The smallest absolute Gasteiger partial charge is 0.225 e. The number of aromatic amines is 2. The van der Waals surface area contributed by atoms with Crippen LogP contribution in [-0.2, 0) is 4.74 Å². The third-order valence-electron chi connectivity index (χ3n) is 4.74. The van der Waals surface area contributed by atoms with Crippen LogP contribution in [-0.4, -0.2) is 39.5 Å². The normalized spacial score (nSPS) is 15.8. The summed E-state index contributed by atoms with van der Waals surface area (Å²) >= 11 is 0. The highest BCUT2D eigenvalue weighted by atomic mass is 16.5. The Balaban J connectivity index is 1.65. The molecule has 126 valence electrons. The van der Waals surface area contributed by atoms with E-state index < -0.39 is 0 Å². The fraction of sp³-hybridized carbons (Fsp3) is 0.263. The fourth-order valence-corrected chi connectivity index (χ4v) is 3.46. The van der Waals surface area contributed by atoms with Crippen molar-refractivity contribution in [2.45, 2.75) is 18.9 Å². The van der Waals surface area contributed by atoms with E-state index in [2.05, 4.69) is 38.4 Å². The third kappa shape index (κ3) is 2.46. The summed E-state index contributed by atoms with van der Waals surface area (Å²) < 4.78 is 11.6. The fourth-order valence-electron chi connectivity index (χ4n) is 3.46. The second-order valence-corrected chi connectivity index (χ2v) is 6.28. The van der Waals surface area contributed by atoms with Crippen molar-refractivity contribution in [1.29, 1.82) is 0 Å². The van der Waals surface area contributed by atoms with Crippen LogP contribution >= 0.6 is 0 Å². The molecule has 0 aliphatic carbocycles. The van der Waals surface area contributed by atoms with Gasteiger partial charge in [0, 0.05) is 41.7 Å². The van der Waals surface area contributed by atoms with E-state index >= 15 is 0 Å². The van der Waals surface area contributed by atoms with E-state index in [1.54, 1.807) is 6.20 Å². The van der Waals surface area contributed by atoms with Crippen LogP contribution in [0.15, 0.2) is 42.7 Å². The number of benzene rings is 1. The van der Waals surface area contributed by atoms with Crippen molar-refractivity contribution in [3.63, 3.8) is 0 Å². The standard InChI is InChI=1S/C19H18N4O2/c1-2-14(13-4-8-20-15(13)3-1)18-17-16(22-23-18)5-9-21-19(17)25-12-6-10-24-11-7-12/h1-5,8-9,12,20H,6-7,10-11H2,(H,22,23). The topological polar surface area (TPSA) is 75.8 Å². The molecule has 2 N–H and O–H groups in total. The number of nitrogens with zero attached hydrogens (tertiary/aromatic N) is 2. The summed E-state index contributed by atoms with van der Waals surface area (Å²) in [5, 5.41) is 9.75. The van der Waals surface area contributed by atoms with E-state index in [-0.39, 0.29) is 6.10 Å². The molecule has 3 aromatic heterocycles. The molecule has 0 atom stereocenters. The highest BCUT2D eigenvalue weighted by molar-refractivity contribution is 6.04. The number of hydrogen-bond acceptors (Lipinski definition) is 4. The molecule has 0 spiro atoms. The number of nitrogens with one attached hydrogen (secondary N) is 2. The van der Waals surface area contributed by atoms with Crippen LogP contribution in [0, 0.1) is 0 Å². The van der Waals surface area contributed by atoms with Crippen LogP contribution in [0.2, 0.25) is 0 Å².